The molecule has 0 radical (unpaired) electrons. The second-order valence-electron chi connectivity index (χ2n) is 4.64. The Bertz CT molecular complexity index is 438. The van der Waals surface area contributed by atoms with Gasteiger partial charge in [0.25, 0.3) is 0 Å². The summed E-state index contributed by atoms with van der Waals surface area (Å²) >= 11 is 3.04. The van der Waals surface area contributed by atoms with Crippen molar-refractivity contribution >= 4 is 21.6 Å². The molecule has 0 aliphatic rings. The molecule has 1 aromatic carbocycles. The summed E-state index contributed by atoms with van der Waals surface area (Å²) in [6.45, 7) is 3.92. The first-order valence-electron chi connectivity index (χ1n) is 6.10. The zero-order valence-electron chi connectivity index (χ0n) is 11.2. The summed E-state index contributed by atoms with van der Waals surface area (Å²) in [7, 11) is 0. The Morgan fingerprint density at radius 3 is 2.50 bits per heavy atom. The third-order valence-corrected chi connectivity index (χ3v) is 2.85. The van der Waals surface area contributed by atoms with Gasteiger partial charge in [-0.05, 0) is 32.0 Å². The van der Waals surface area contributed by atoms with E-state index < -0.39 is 17.8 Å². The Hall–Kier alpha value is -0.790. The van der Waals surface area contributed by atoms with E-state index in [4.69, 9.17) is 4.74 Å². The van der Waals surface area contributed by atoms with Gasteiger partial charge in [0, 0.05) is 16.7 Å². The molecule has 7 heteroatoms. The molecule has 114 valence electrons. The van der Waals surface area contributed by atoms with Crippen molar-refractivity contribution in [2.45, 2.75) is 32.2 Å². The van der Waals surface area contributed by atoms with Gasteiger partial charge in [-0.1, -0.05) is 15.9 Å². The van der Waals surface area contributed by atoms with Crippen LogP contribution in [0.25, 0.3) is 0 Å². The van der Waals surface area contributed by atoms with Crippen LogP contribution >= 0.6 is 15.9 Å². The van der Waals surface area contributed by atoms with Crippen molar-refractivity contribution in [3.63, 3.8) is 0 Å². The molecule has 0 aliphatic heterocycles. The Morgan fingerprint density at radius 2 is 1.95 bits per heavy atom. The second kappa shape index (κ2) is 7.28. The average Bonchev–Trinajstić information content (AvgIpc) is 2.32. The molecule has 0 amide bonds. The zero-order valence-corrected chi connectivity index (χ0v) is 12.8. The first-order valence-corrected chi connectivity index (χ1v) is 6.89. The van der Waals surface area contributed by atoms with E-state index in [0.717, 1.165) is 12.1 Å². The van der Waals surface area contributed by atoms with Crippen LogP contribution in [-0.2, 0) is 10.9 Å². The molecule has 1 atom stereocenters. The maximum Gasteiger partial charge on any atom is 0.416 e. The first kappa shape index (κ1) is 17.3. The maximum atomic E-state index is 12.6. The quantitative estimate of drug-likeness (QED) is 0.817. The highest BCUT2D eigenvalue weighted by Crippen LogP contribution is 2.33. The second-order valence-corrected chi connectivity index (χ2v) is 5.56. The number of nitrogens with one attached hydrogen (secondary N) is 1. The Balaban J connectivity index is 2.62. The number of aliphatic hydroxyl groups is 1. The van der Waals surface area contributed by atoms with Crippen LogP contribution in [0.3, 0.4) is 0 Å². The Morgan fingerprint density at radius 1 is 1.30 bits per heavy atom. The smallest absolute Gasteiger partial charge is 0.389 e. The fraction of sp³-hybridized carbons (Fsp3) is 0.538. The topological polar surface area (TPSA) is 41.5 Å². The van der Waals surface area contributed by atoms with Crippen molar-refractivity contribution in [2.75, 3.05) is 18.5 Å². The van der Waals surface area contributed by atoms with Gasteiger partial charge in [0.05, 0.1) is 24.4 Å². The van der Waals surface area contributed by atoms with Crippen molar-refractivity contribution in [1.82, 2.24) is 0 Å². The third-order valence-electron chi connectivity index (χ3n) is 2.39. The molecule has 1 rings (SSSR count). The minimum Gasteiger partial charge on any atom is -0.389 e. The van der Waals surface area contributed by atoms with Crippen molar-refractivity contribution < 1.29 is 23.0 Å². The highest BCUT2D eigenvalue weighted by atomic mass is 79.9. The number of hydrogen-bond donors (Lipinski definition) is 2. The lowest BCUT2D eigenvalue weighted by molar-refractivity contribution is -0.137. The highest BCUT2D eigenvalue weighted by Gasteiger charge is 2.31. The summed E-state index contributed by atoms with van der Waals surface area (Å²) in [6.07, 6.45) is -5.20. The molecule has 0 aromatic heterocycles. The average molecular weight is 356 g/mol. The molecular weight excluding hydrogens is 339 g/mol. The molecule has 0 fully saturated rings. The molecule has 2 N–H and O–H groups in total. The minimum absolute atomic E-state index is 0.00708. The highest BCUT2D eigenvalue weighted by molar-refractivity contribution is 9.10. The van der Waals surface area contributed by atoms with Crippen LogP contribution in [-0.4, -0.2) is 30.5 Å². The number of ether oxygens (including phenoxy) is 1. The summed E-state index contributed by atoms with van der Waals surface area (Å²) in [5, 5.41) is 12.4. The Kier molecular flexibility index (Phi) is 6.29. The standard InChI is InChI=1S/C13H17BrF3NO2/c1-8(2)20-7-12(19)6-18-11-4-9(13(15,16)17)3-10(14)5-11/h3-5,8,12,18-19H,6-7H2,1-2H3. The molecule has 0 spiro atoms. The molecule has 20 heavy (non-hydrogen) atoms. The summed E-state index contributed by atoms with van der Waals surface area (Å²) in [6, 6.07) is 3.52. The normalized spacial score (nSPS) is 13.6. The van der Waals surface area contributed by atoms with Crippen molar-refractivity contribution in [1.29, 1.82) is 0 Å². The van der Waals surface area contributed by atoms with E-state index >= 15 is 0 Å². The van der Waals surface area contributed by atoms with E-state index in [2.05, 4.69) is 21.2 Å². The van der Waals surface area contributed by atoms with Gasteiger partial charge in [-0.2, -0.15) is 13.2 Å². The lowest BCUT2D eigenvalue weighted by Crippen LogP contribution is -2.26. The molecule has 3 nitrogen and oxygen atoms in total. The lowest BCUT2D eigenvalue weighted by Gasteiger charge is -2.16. The van der Waals surface area contributed by atoms with Gasteiger partial charge in [0.2, 0.25) is 0 Å². The van der Waals surface area contributed by atoms with Crippen molar-refractivity contribution in [2.24, 2.45) is 0 Å². The number of hydrogen-bond acceptors (Lipinski definition) is 3. The number of rotatable bonds is 6. The molecule has 1 unspecified atom stereocenters. The van der Waals surface area contributed by atoms with E-state index in [1.807, 2.05) is 13.8 Å². The van der Waals surface area contributed by atoms with Crippen LogP contribution < -0.4 is 5.32 Å². The van der Waals surface area contributed by atoms with Gasteiger partial charge in [0.1, 0.15) is 0 Å². The molecule has 0 bridgehead atoms. The fourth-order valence-corrected chi connectivity index (χ4v) is 1.95. The van der Waals surface area contributed by atoms with Crippen molar-refractivity contribution in [3.05, 3.63) is 28.2 Å². The monoisotopic (exact) mass is 355 g/mol. The van der Waals surface area contributed by atoms with E-state index in [-0.39, 0.29) is 24.9 Å². The van der Waals surface area contributed by atoms with Crippen LogP contribution in [0.15, 0.2) is 22.7 Å². The van der Waals surface area contributed by atoms with E-state index in [9.17, 15) is 18.3 Å². The minimum atomic E-state index is -4.40. The van der Waals surface area contributed by atoms with Gasteiger partial charge < -0.3 is 15.2 Å². The van der Waals surface area contributed by atoms with Gasteiger partial charge >= 0.3 is 6.18 Å². The van der Waals surface area contributed by atoms with E-state index in [0.29, 0.717) is 4.47 Å². The molecule has 1 aromatic rings. The lowest BCUT2D eigenvalue weighted by atomic mass is 10.2. The first-order chi connectivity index (χ1) is 9.18. The SMILES string of the molecule is CC(C)OCC(O)CNc1cc(Br)cc(C(F)(F)F)c1. The van der Waals surface area contributed by atoms with Gasteiger partial charge in [-0.3, -0.25) is 0 Å². The molecule has 0 saturated carbocycles. The third kappa shape index (κ3) is 6.11. The van der Waals surface area contributed by atoms with Crippen LogP contribution in [0.2, 0.25) is 0 Å². The molecule has 0 heterocycles. The summed E-state index contributed by atoms with van der Waals surface area (Å²) in [5.41, 5.74) is -0.461. The van der Waals surface area contributed by atoms with Gasteiger partial charge in [0.15, 0.2) is 0 Å². The van der Waals surface area contributed by atoms with Crippen LogP contribution in [0, 0.1) is 0 Å². The van der Waals surface area contributed by atoms with E-state index in [1.54, 1.807) is 0 Å². The van der Waals surface area contributed by atoms with Crippen LogP contribution in [0.1, 0.15) is 19.4 Å². The van der Waals surface area contributed by atoms with Gasteiger partial charge in [-0.15, -0.1) is 0 Å². The van der Waals surface area contributed by atoms with Crippen LogP contribution in [0.4, 0.5) is 18.9 Å². The summed E-state index contributed by atoms with van der Waals surface area (Å²) in [4.78, 5) is 0. The number of benzene rings is 1. The number of alkyl halides is 3. The predicted octanol–water partition coefficient (Wildman–Crippen LogP) is 3.67. The maximum absolute atomic E-state index is 12.6. The number of aliphatic hydroxyl groups excluding tert-OH is 1. The van der Waals surface area contributed by atoms with Gasteiger partial charge in [-0.25, -0.2) is 0 Å². The van der Waals surface area contributed by atoms with E-state index in [1.165, 1.54) is 6.07 Å². The largest absolute Gasteiger partial charge is 0.416 e. The number of halogens is 4. The van der Waals surface area contributed by atoms with Crippen molar-refractivity contribution in [3.8, 4) is 0 Å². The summed E-state index contributed by atoms with van der Waals surface area (Å²) in [5.74, 6) is 0. The number of anilines is 1. The Labute approximate surface area is 124 Å². The predicted molar refractivity (Wildman–Crippen MR) is 74.7 cm³/mol. The zero-order chi connectivity index (χ0) is 15.3. The molecular formula is C13H17BrF3NO2. The van der Waals surface area contributed by atoms with Crippen LogP contribution in [0.5, 0.6) is 0 Å². The molecule has 0 aliphatic carbocycles. The summed E-state index contributed by atoms with van der Waals surface area (Å²) < 4.78 is 43.5. The molecule has 0 saturated heterocycles. The fourth-order valence-electron chi connectivity index (χ4n) is 1.45.